The molecule has 1 aromatic carbocycles. The Morgan fingerprint density at radius 2 is 2.07 bits per heavy atom. The maximum atomic E-state index is 5.78. The summed E-state index contributed by atoms with van der Waals surface area (Å²) in [5.74, 6) is 1.12. The van der Waals surface area contributed by atoms with Crippen LogP contribution in [0, 0.1) is 0 Å². The van der Waals surface area contributed by atoms with E-state index in [9.17, 15) is 0 Å². The highest BCUT2D eigenvalue weighted by atomic mass is 32.2. The van der Waals surface area contributed by atoms with Gasteiger partial charge in [-0.05, 0) is 12.5 Å². The van der Waals surface area contributed by atoms with E-state index in [0.717, 1.165) is 5.75 Å². The average molecular weight is 209 g/mol. The van der Waals surface area contributed by atoms with E-state index in [1.165, 1.54) is 5.56 Å². The van der Waals surface area contributed by atoms with Gasteiger partial charge in [-0.1, -0.05) is 30.3 Å². The van der Waals surface area contributed by atoms with Crippen molar-refractivity contribution in [2.24, 2.45) is 0 Å². The first kappa shape index (κ1) is 10.0. The number of rotatable bonds is 1. The van der Waals surface area contributed by atoms with Crippen LogP contribution in [-0.4, -0.2) is 23.9 Å². The third kappa shape index (κ3) is 2.11. The summed E-state index contributed by atoms with van der Waals surface area (Å²) in [6.45, 7) is 2.17. The van der Waals surface area contributed by atoms with Crippen molar-refractivity contribution in [3.63, 3.8) is 0 Å². The van der Waals surface area contributed by atoms with Gasteiger partial charge in [0.15, 0.2) is 0 Å². The molecule has 76 valence electrons. The van der Waals surface area contributed by atoms with E-state index in [-0.39, 0.29) is 5.44 Å². The third-order valence-corrected chi connectivity index (χ3v) is 3.78. The highest BCUT2D eigenvalue weighted by molar-refractivity contribution is 7.99. The van der Waals surface area contributed by atoms with Crippen LogP contribution in [0.2, 0.25) is 0 Å². The Bertz CT molecular complexity index is 291. The maximum Gasteiger partial charge on any atom is 0.150 e. The molecule has 2 nitrogen and oxygen atoms in total. The molecular formula is C11H15NOS. The average Bonchev–Trinajstić information content (AvgIpc) is 2.23. The van der Waals surface area contributed by atoms with Gasteiger partial charge in [0.1, 0.15) is 5.44 Å². The zero-order valence-electron chi connectivity index (χ0n) is 8.51. The molecule has 0 unspecified atom stereocenters. The molecule has 0 radical (unpaired) electrons. The van der Waals surface area contributed by atoms with E-state index in [1.54, 1.807) is 0 Å². The fourth-order valence-electron chi connectivity index (χ4n) is 1.38. The van der Waals surface area contributed by atoms with E-state index < -0.39 is 0 Å². The Labute approximate surface area is 89.2 Å². The quantitative estimate of drug-likeness (QED) is 0.705. The van der Waals surface area contributed by atoms with Gasteiger partial charge in [0, 0.05) is 18.8 Å². The molecule has 0 N–H and O–H groups in total. The third-order valence-electron chi connectivity index (χ3n) is 2.44. The number of thioether (sulfide) groups is 1. The Kier molecular flexibility index (Phi) is 3.11. The first-order valence-electron chi connectivity index (χ1n) is 4.83. The topological polar surface area (TPSA) is 12.5 Å². The summed E-state index contributed by atoms with van der Waals surface area (Å²) in [6, 6.07) is 10.9. The Hall–Kier alpha value is -0.510. The zero-order valence-corrected chi connectivity index (χ0v) is 9.33. The molecule has 1 aliphatic rings. The lowest BCUT2D eigenvalue weighted by molar-refractivity contribution is -0.179. The van der Waals surface area contributed by atoms with Gasteiger partial charge in [0.2, 0.25) is 0 Å². The Morgan fingerprint density at radius 1 is 1.36 bits per heavy atom. The summed E-state index contributed by atoms with van der Waals surface area (Å²) >= 11 is 1.86. The summed E-state index contributed by atoms with van der Waals surface area (Å²) < 4.78 is 0. The van der Waals surface area contributed by atoms with Gasteiger partial charge in [0.25, 0.3) is 0 Å². The van der Waals surface area contributed by atoms with Gasteiger partial charge < -0.3 is 0 Å². The second kappa shape index (κ2) is 4.34. The standard InChI is InChI=1S/C11H15NOS/c1-9-8-14-11(13-12(9)2)10-6-4-3-5-7-10/h3-7,9,11H,8H2,1-2H3/t9-,11+/m1/s1. The van der Waals surface area contributed by atoms with Crippen LogP contribution in [-0.2, 0) is 4.84 Å². The van der Waals surface area contributed by atoms with Crippen molar-refractivity contribution in [2.45, 2.75) is 18.4 Å². The molecule has 0 aliphatic carbocycles. The minimum Gasteiger partial charge on any atom is -0.280 e. The molecule has 14 heavy (non-hydrogen) atoms. The predicted molar refractivity (Wildman–Crippen MR) is 60.0 cm³/mol. The summed E-state index contributed by atoms with van der Waals surface area (Å²) in [4.78, 5) is 5.78. The number of hydrogen-bond acceptors (Lipinski definition) is 3. The second-order valence-corrected chi connectivity index (χ2v) is 4.67. The van der Waals surface area contributed by atoms with Crippen LogP contribution in [0.25, 0.3) is 0 Å². The molecule has 1 fully saturated rings. The molecule has 0 spiro atoms. The molecule has 3 heteroatoms. The van der Waals surface area contributed by atoms with Gasteiger partial charge in [0.05, 0.1) is 0 Å². The van der Waals surface area contributed by atoms with E-state index in [0.29, 0.717) is 6.04 Å². The molecule has 2 rings (SSSR count). The molecular weight excluding hydrogens is 194 g/mol. The molecule has 0 bridgehead atoms. The summed E-state index contributed by atoms with van der Waals surface area (Å²) in [5, 5.41) is 1.95. The van der Waals surface area contributed by atoms with Gasteiger partial charge in [-0.3, -0.25) is 4.84 Å². The SMILES string of the molecule is C[C@@H]1CS[C@@H](c2ccccc2)ON1C. The number of hydrogen-bond donors (Lipinski definition) is 0. The highest BCUT2D eigenvalue weighted by Crippen LogP contribution is 2.35. The van der Waals surface area contributed by atoms with Crippen molar-refractivity contribution in [1.82, 2.24) is 5.06 Å². The highest BCUT2D eigenvalue weighted by Gasteiger charge is 2.24. The van der Waals surface area contributed by atoms with E-state index in [1.807, 2.05) is 29.9 Å². The molecule has 1 aromatic rings. The largest absolute Gasteiger partial charge is 0.280 e. The fraction of sp³-hybridized carbons (Fsp3) is 0.455. The fourth-order valence-corrected chi connectivity index (χ4v) is 2.59. The van der Waals surface area contributed by atoms with Crippen molar-refractivity contribution in [2.75, 3.05) is 12.8 Å². The molecule has 0 aromatic heterocycles. The number of hydroxylamine groups is 2. The van der Waals surface area contributed by atoms with Crippen molar-refractivity contribution >= 4 is 11.8 Å². The summed E-state index contributed by atoms with van der Waals surface area (Å²) in [5.41, 5.74) is 1.41. The van der Waals surface area contributed by atoms with Gasteiger partial charge >= 0.3 is 0 Å². The minimum atomic E-state index is 0.164. The maximum absolute atomic E-state index is 5.78. The smallest absolute Gasteiger partial charge is 0.150 e. The molecule has 2 atom stereocenters. The molecule has 0 saturated carbocycles. The van der Waals surface area contributed by atoms with Crippen LogP contribution in [0.4, 0.5) is 0 Å². The second-order valence-electron chi connectivity index (χ2n) is 3.58. The molecule has 1 saturated heterocycles. The van der Waals surface area contributed by atoms with Crippen LogP contribution < -0.4 is 0 Å². The lowest BCUT2D eigenvalue weighted by atomic mass is 10.2. The number of benzene rings is 1. The van der Waals surface area contributed by atoms with Crippen molar-refractivity contribution in [3.05, 3.63) is 35.9 Å². The lowest BCUT2D eigenvalue weighted by Gasteiger charge is -2.34. The Balaban J connectivity index is 2.07. The van der Waals surface area contributed by atoms with Crippen molar-refractivity contribution in [1.29, 1.82) is 0 Å². The molecule has 1 aliphatic heterocycles. The predicted octanol–water partition coefficient (Wildman–Crippen LogP) is 2.68. The lowest BCUT2D eigenvalue weighted by Crippen LogP contribution is -2.36. The first-order valence-corrected chi connectivity index (χ1v) is 5.88. The van der Waals surface area contributed by atoms with Crippen molar-refractivity contribution in [3.8, 4) is 0 Å². The van der Waals surface area contributed by atoms with Crippen LogP contribution in [0.1, 0.15) is 17.9 Å². The van der Waals surface area contributed by atoms with Gasteiger partial charge in [-0.25, -0.2) is 0 Å². The van der Waals surface area contributed by atoms with Gasteiger partial charge in [-0.2, -0.15) is 5.06 Å². The van der Waals surface area contributed by atoms with E-state index in [2.05, 4.69) is 31.2 Å². The normalized spacial score (nSPS) is 29.0. The van der Waals surface area contributed by atoms with Crippen LogP contribution in [0.5, 0.6) is 0 Å². The Morgan fingerprint density at radius 3 is 2.71 bits per heavy atom. The van der Waals surface area contributed by atoms with Crippen molar-refractivity contribution < 1.29 is 4.84 Å². The van der Waals surface area contributed by atoms with Crippen LogP contribution >= 0.6 is 11.8 Å². The summed E-state index contributed by atoms with van der Waals surface area (Å²) in [7, 11) is 2.00. The minimum absolute atomic E-state index is 0.164. The number of nitrogens with zero attached hydrogens (tertiary/aromatic N) is 1. The summed E-state index contributed by atoms with van der Waals surface area (Å²) in [6.07, 6.45) is 0. The molecule has 0 amide bonds. The molecule has 1 heterocycles. The van der Waals surface area contributed by atoms with Crippen LogP contribution in [0.15, 0.2) is 30.3 Å². The van der Waals surface area contributed by atoms with Crippen LogP contribution in [0.3, 0.4) is 0 Å². The van der Waals surface area contributed by atoms with E-state index in [4.69, 9.17) is 4.84 Å². The zero-order chi connectivity index (χ0) is 9.97. The van der Waals surface area contributed by atoms with E-state index >= 15 is 0 Å². The monoisotopic (exact) mass is 209 g/mol. The first-order chi connectivity index (χ1) is 6.77. The van der Waals surface area contributed by atoms with Gasteiger partial charge in [-0.15, -0.1) is 11.8 Å².